The van der Waals surface area contributed by atoms with Crippen LogP contribution in [0.1, 0.15) is 43.6 Å². The number of halogens is 1. The van der Waals surface area contributed by atoms with E-state index in [2.05, 4.69) is 26.9 Å². The van der Waals surface area contributed by atoms with Crippen LogP contribution in [0.3, 0.4) is 0 Å². The molecule has 1 N–H and O–H groups in total. The molecule has 2 saturated carbocycles. The molecule has 0 amide bonds. The monoisotopic (exact) mass is 458 g/mol. The molecule has 2 aliphatic heterocycles. The molecule has 2 aromatic rings. The molecule has 1 aromatic heterocycles. The predicted molar refractivity (Wildman–Crippen MR) is 122 cm³/mol. The third-order valence-corrected chi connectivity index (χ3v) is 9.50. The summed E-state index contributed by atoms with van der Waals surface area (Å²) in [6.07, 6.45) is 7.20. The number of fused-ring (bicyclic) bond motifs is 1. The highest BCUT2D eigenvalue weighted by molar-refractivity contribution is 7.85. The number of anilines is 2. The average Bonchev–Trinajstić information content (AvgIpc) is 2.68. The Kier molecular flexibility index (Phi) is 4.60. The first kappa shape index (κ1) is 19.9. The zero-order valence-corrected chi connectivity index (χ0v) is 19.0. The van der Waals surface area contributed by atoms with E-state index in [-0.39, 0.29) is 12.1 Å². The van der Waals surface area contributed by atoms with Gasteiger partial charge in [0, 0.05) is 35.8 Å². The lowest BCUT2D eigenvalue weighted by atomic mass is 9.56. The zero-order valence-electron chi connectivity index (χ0n) is 17.5. The third kappa shape index (κ3) is 3.11. The molecule has 6 rings (SSSR count). The lowest BCUT2D eigenvalue weighted by molar-refractivity contribution is 0.0619. The Labute approximate surface area is 190 Å². The Morgan fingerprint density at radius 2 is 1.94 bits per heavy atom. The number of hydrogen-bond acceptors (Lipinski definition) is 6. The molecule has 8 heteroatoms. The standard InChI is InChI=1S/C23H27ClN4O2S/c24-18-4-2-16(3-5-18)17-10-22(11-17)13-27(14-22)21-25-12-19-20(26-21)28(8-9-31(19)30)23(15-29)6-1-7-23/h2-5,12,17,29H,1,6-11,13-15H2/t31-/m1/s1. The van der Waals surface area contributed by atoms with Crippen LogP contribution in [0, 0.1) is 5.41 Å². The Morgan fingerprint density at radius 3 is 2.58 bits per heavy atom. The van der Waals surface area contributed by atoms with Crippen LogP contribution < -0.4 is 9.80 Å². The first-order valence-electron chi connectivity index (χ1n) is 11.2. The summed E-state index contributed by atoms with van der Waals surface area (Å²) in [5.41, 5.74) is 1.51. The Bertz CT molecular complexity index is 1020. The van der Waals surface area contributed by atoms with Gasteiger partial charge in [0.15, 0.2) is 5.82 Å². The molecule has 3 heterocycles. The second-order valence-electron chi connectivity index (χ2n) is 9.81. The number of aromatic nitrogens is 2. The van der Waals surface area contributed by atoms with Crippen molar-refractivity contribution in [2.24, 2.45) is 5.41 Å². The van der Waals surface area contributed by atoms with Crippen LogP contribution in [0.15, 0.2) is 35.4 Å². The molecule has 4 aliphatic rings. The van der Waals surface area contributed by atoms with E-state index in [1.807, 2.05) is 12.1 Å². The molecule has 1 aromatic carbocycles. The predicted octanol–water partition coefficient (Wildman–Crippen LogP) is 3.36. The third-order valence-electron chi connectivity index (χ3n) is 7.91. The quantitative estimate of drug-likeness (QED) is 0.757. The van der Waals surface area contributed by atoms with Gasteiger partial charge in [-0.05, 0) is 55.7 Å². The van der Waals surface area contributed by atoms with Gasteiger partial charge in [0.2, 0.25) is 5.95 Å². The first-order valence-corrected chi connectivity index (χ1v) is 12.9. The van der Waals surface area contributed by atoms with Gasteiger partial charge in [-0.25, -0.2) is 4.98 Å². The molecule has 6 nitrogen and oxygen atoms in total. The number of nitrogens with zero attached hydrogens (tertiary/aromatic N) is 4. The number of rotatable bonds is 4. The molecule has 0 radical (unpaired) electrons. The summed E-state index contributed by atoms with van der Waals surface area (Å²) in [7, 11) is -1.07. The molecule has 1 spiro atoms. The lowest BCUT2D eigenvalue weighted by Crippen LogP contribution is -2.62. The normalized spacial score (nSPS) is 26.1. The van der Waals surface area contributed by atoms with Crippen molar-refractivity contribution in [3.8, 4) is 0 Å². The highest BCUT2D eigenvalue weighted by Crippen LogP contribution is 2.56. The van der Waals surface area contributed by atoms with Gasteiger partial charge < -0.3 is 14.9 Å². The Balaban J connectivity index is 1.18. The largest absolute Gasteiger partial charge is 0.394 e. The summed E-state index contributed by atoms with van der Waals surface area (Å²) in [4.78, 5) is 14.7. The minimum absolute atomic E-state index is 0.122. The molecule has 164 valence electrons. The van der Waals surface area contributed by atoms with Crippen LogP contribution in [-0.2, 0) is 10.8 Å². The molecule has 2 aliphatic carbocycles. The van der Waals surface area contributed by atoms with E-state index in [4.69, 9.17) is 16.6 Å². The van der Waals surface area contributed by atoms with Crippen molar-refractivity contribution in [1.82, 2.24) is 9.97 Å². The molecule has 1 atom stereocenters. The Morgan fingerprint density at radius 1 is 1.19 bits per heavy atom. The van der Waals surface area contributed by atoms with Crippen molar-refractivity contribution in [2.75, 3.05) is 41.8 Å². The van der Waals surface area contributed by atoms with Gasteiger partial charge in [-0.3, -0.25) is 4.21 Å². The highest BCUT2D eigenvalue weighted by atomic mass is 35.5. The van der Waals surface area contributed by atoms with Crippen LogP contribution in [0.2, 0.25) is 5.02 Å². The topological polar surface area (TPSA) is 69.6 Å². The van der Waals surface area contributed by atoms with Crippen LogP contribution in [0.25, 0.3) is 0 Å². The molecule has 1 saturated heterocycles. The number of hydrogen-bond donors (Lipinski definition) is 1. The van der Waals surface area contributed by atoms with Crippen molar-refractivity contribution >= 4 is 34.2 Å². The highest BCUT2D eigenvalue weighted by Gasteiger charge is 2.53. The minimum Gasteiger partial charge on any atom is -0.394 e. The smallest absolute Gasteiger partial charge is 0.227 e. The van der Waals surface area contributed by atoms with E-state index in [1.165, 1.54) is 18.4 Å². The summed E-state index contributed by atoms with van der Waals surface area (Å²) in [6, 6.07) is 8.25. The van der Waals surface area contributed by atoms with Crippen molar-refractivity contribution in [3.05, 3.63) is 41.0 Å². The second-order valence-corrected chi connectivity index (χ2v) is 11.8. The van der Waals surface area contributed by atoms with Gasteiger partial charge >= 0.3 is 0 Å². The zero-order chi connectivity index (χ0) is 21.2. The van der Waals surface area contributed by atoms with Gasteiger partial charge in [0.1, 0.15) is 0 Å². The van der Waals surface area contributed by atoms with E-state index < -0.39 is 10.8 Å². The fraction of sp³-hybridized carbons (Fsp3) is 0.565. The van der Waals surface area contributed by atoms with Gasteiger partial charge in [0.25, 0.3) is 0 Å². The molecule has 3 fully saturated rings. The summed E-state index contributed by atoms with van der Waals surface area (Å²) < 4.78 is 12.6. The van der Waals surface area contributed by atoms with E-state index >= 15 is 0 Å². The molecular weight excluding hydrogens is 432 g/mol. The van der Waals surface area contributed by atoms with Crippen molar-refractivity contribution in [1.29, 1.82) is 0 Å². The van der Waals surface area contributed by atoms with Crippen LogP contribution in [0.5, 0.6) is 0 Å². The summed E-state index contributed by atoms with van der Waals surface area (Å²) >= 11 is 6.02. The van der Waals surface area contributed by atoms with Gasteiger partial charge in [-0.2, -0.15) is 4.98 Å². The van der Waals surface area contributed by atoms with E-state index in [0.717, 1.165) is 54.0 Å². The van der Waals surface area contributed by atoms with E-state index in [0.29, 0.717) is 23.6 Å². The fourth-order valence-electron chi connectivity index (χ4n) is 5.93. The van der Waals surface area contributed by atoms with Crippen molar-refractivity contribution in [2.45, 2.75) is 48.5 Å². The van der Waals surface area contributed by atoms with Crippen molar-refractivity contribution in [3.63, 3.8) is 0 Å². The molecular formula is C23H27ClN4O2S. The molecule has 31 heavy (non-hydrogen) atoms. The van der Waals surface area contributed by atoms with Crippen molar-refractivity contribution < 1.29 is 9.32 Å². The number of aliphatic hydroxyl groups is 1. The van der Waals surface area contributed by atoms with Crippen LogP contribution >= 0.6 is 11.6 Å². The average molecular weight is 459 g/mol. The molecule has 0 unspecified atom stereocenters. The summed E-state index contributed by atoms with van der Waals surface area (Å²) in [6.45, 7) is 2.76. The number of benzene rings is 1. The second kappa shape index (κ2) is 7.15. The maximum Gasteiger partial charge on any atom is 0.227 e. The van der Waals surface area contributed by atoms with Gasteiger partial charge in [-0.1, -0.05) is 23.7 Å². The van der Waals surface area contributed by atoms with Gasteiger partial charge in [-0.15, -0.1) is 0 Å². The Hall–Kier alpha value is -1.70. The lowest BCUT2D eigenvalue weighted by Gasteiger charge is -2.59. The molecule has 0 bridgehead atoms. The van der Waals surface area contributed by atoms with Gasteiger partial charge in [0.05, 0.1) is 34.0 Å². The maximum atomic E-state index is 12.6. The summed E-state index contributed by atoms with van der Waals surface area (Å²) in [5, 5.41) is 10.9. The van der Waals surface area contributed by atoms with Crippen LogP contribution in [0.4, 0.5) is 11.8 Å². The number of aliphatic hydroxyl groups excluding tert-OH is 1. The minimum atomic E-state index is -1.07. The van der Waals surface area contributed by atoms with E-state index in [1.54, 1.807) is 6.20 Å². The fourth-order valence-corrected chi connectivity index (χ4v) is 7.15. The van der Waals surface area contributed by atoms with E-state index in [9.17, 15) is 9.32 Å². The SMILES string of the molecule is O=[S@@]1CCN(C2(CO)CCC2)c2nc(N3CC4(CC(c5ccc(Cl)cc5)C4)C3)ncc21. The first-order chi connectivity index (χ1) is 15.0. The summed E-state index contributed by atoms with van der Waals surface area (Å²) in [5.74, 6) is 2.70. The maximum absolute atomic E-state index is 12.6. The van der Waals surface area contributed by atoms with Crippen LogP contribution in [-0.4, -0.2) is 56.8 Å².